The highest BCUT2D eigenvalue weighted by atomic mass is 35.5. The maximum atomic E-state index is 5.97. The quantitative estimate of drug-likeness (QED) is 0.784. The molecule has 0 amide bonds. The van der Waals surface area contributed by atoms with Crippen LogP contribution in [0.3, 0.4) is 0 Å². The van der Waals surface area contributed by atoms with Crippen molar-refractivity contribution in [1.82, 2.24) is 4.98 Å². The van der Waals surface area contributed by atoms with Crippen molar-refractivity contribution in [1.29, 1.82) is 0 Å². The van der Waals surface area contributed by atoms with Gasteiger partial charge in [0.05, 0.1) is 5.88 Å². The van der Waals surface area contributed by atoms with Crippen LogP contribution in [0.5, 0.6) is 0 Å². The minimum Gasteiger partial charge on any atom is -0.377 e. The van der Waals surface area contributed by atoms with E-state index in [1.165, 1.54) is 0 Å². The molecule has 100 valence electrons. The Balaban J connectivity index is 2.24. The molecule has 5 heteroatoms. The van der Waals surface area contributed by atoms with E-state index >= 15 is 0 Å². The molecule has 0 spiro atoms. The molecule has 2 atom stereocenters. The van der Waals surface area contributed by atoms with Crippen molar-refractivity contribution in [2.75, 3.05) is 32.2 Å². The highest BCUT2D eigenvalue weighted by Crippen LogP contribution is 2.28. The van der Waals surface area contributed by atoms with E-state index in [-0.39, 0.29) is 12.2 Å². The molecule has 1 fully saturated rings. The van der Waals surface area contributed by atoms with Crippen molar-refractivity contribution < 1.29 is 9.47 Å². The Labute approximate surface area is 113 Å². The summed E-state index contributed by atoms with van der Waals surface area (Å²) in [6, 6.07) is 2.07. The van der Waals surface area contributed by atoms with Gasteiger partial charge in [-0.15, -0.1) is 11.6 Å². The van der Waals surface area contributed by atoms with Crippen LogP contribution in [-0.4, -0.2) is 44.5 Å². The number of alkyl halides is 1. The van der Waals surface area contributed by atoms with Crippen molar-refractivity contribution in [3.05, 3.63) is 23.5 Å². The summed E-state index contributed by atoms with van der Waals surface area (Å²) in [7, 11) is 3.45. The van der Waals surface area contributed by atoms with E-state index in [1.54, 1.807) is 14.2 Å². The summed E-state index contributed by atoms with van der Waals surface area (Å²) in [5, 5.41) is 0. The summed E-state index contributed by atoms with van der Waals surface area (Å²) in [6.45, 7) is 3.63. The number of halogens is 1. The van der Waals surface area contributed by atoms with Gasteiger partial charge in [-0.25, -0.2) is 0 Å². The zero-order valence-electron chi connectivity index (χ0n) is 11.0. The molecule has 1 saturated heterocycles. The minimum atomic E-state index is 0.103. The number of methoxy groups -OCH3 is 2. The second-order valence-corrected chi connectivity index (χ2v) is 4.81. The van der Waals surface area contributed by atoms with Gasteiger partial charge in [0.25, 0.3) is 0 Å². The fourth-order valence-electron chi connectivity index (χ4n) is 2.36. The lowest BCUT2D eigenvalue weighted by Crippen LogP contribution is -2.27. The first-order chi connectivity index (χ1) is 8.69. The maximum Gasteiger partial charge on any atom is 0.102 e. The fraction of sp³-hybridized carbons (Fsp3) is 0.615. The first-order valence-corrected chi connectivity index (χ1v) is 6.55. The zero-order valence-corrected chi connectivity index (χ0v) is 11.8. The third kappa shape index (κ3) is 2.60. The molecule has 2 heterocycles. The smallest absolute Gasteiger partial charge is 0.102 e. The van der Waals surface area contributed by atoms with Gasteiger partial charge >= 0.3 is 0 Å². The second kappa shape index (κ2) is 5.87. The first-order valence-electron chi connectivity index (χ1n) is 6.01. The Morgan fingerprint density at radius 3 is 2.44 bits per heavy atom. The largest absolute Gasteiger partial charge is 0.377 e. The lowest BCUT2D eigenvalue weighted by atomic mass is 10.2. The van der Waals surface area contributed by atoms with Crippen LogP contribution in [0, 0.1) is 6.92 Å². The molecule has 0 aromatic carbocycles. The van der Waals surface area contributed by atoms with Crippen LogP contribution in [-0.2, 0) is 15.4 Å². The molecule has 2 unspecified atom stereocenters. The Morgan fingerprint density at radius 1 is 1.33 bits per heavy atom. The van der Waals surface area contributed by atoms with E-state index in [1.807, 2.05) is 13.1 Å². The van der Waals surface area contributed by atoms with Crippen LogP contribution in [0.25, 0.3) is 0 Å². The molecule has 1 aliphatic rings. The lowest BCUT2D eigenvalue weighted by Gasteiger charge is -2.21. The Hall–Kier alpha value is -0.840. The molecule has 0 radical (unpaired) electrons. The van der Waals surface area contributed by atoms with Crippen LogP contribution in [0.4, 0.5) is 5.69 Å². The molecule has 4 nitrogen and oxygen atoms in total. The maximum absolute atomic E-state index is 5.97. The molecular weight excluding hydrogens is 252 g/mol. The van der Waals surface area contributed by atoms with Crippen molar-refractivity contribution in [2.24, 2.45) is 0 Å². The van der Waals surface area contributed by atoms with Crippen molar-refractivity contribution >= 4 is 17.3 Å². The van der Waals surface area contributed by atoms with E-state index in [9.17, 15) is 0 Å². The molecule has 1 aromatic rings. The average molecular weight is 271 g/mol. The summed E-state index contributed by atoms with van der Waals surface area (Å²) in [5.74, 6) is 0.467. The third-order valence-electron chi connectivity index (χ3n) is 3.40. The number of hydrogen-bond donors (Lipinski definition) is 0. The first kappa shape index (κ1) is 13.6. The van der Waals surface area contributed by atoms with Crippen molar-refractivity contribution in [2.45, 2.75) is 25.0 Å². The van der Waals surface area contributed by atoms with Gasteiger partial charge in [-0.2, -0.15) is 0 Å². The van der Waals surface area contributed by atoms with E-state index in [0.717, 1.165) is 30.0 Å². The number of hydrogen-bond acceptors (Lipinski definition) is 4. The molecular formula is C13H19ClN2O2. The van der Waals surface area contributed by atoms with Gasteiger partial charge in [0, 0.05) is 50.5 Å². The molecule has 0 aliphatic carbocycles. The highest BCUT2D eigenvalue weighted by molar-refractivity contribution is 6.17. The number of nitrogens with zero attached hydrogens (tertiary/aromatic N) is 2. The minimum absolute atomic E-state index is 0.103. The molecule has 18 heavy (non-hydrogen) atoms. The van der Waals surface area contributed by atoms with Crippen LogP contribution in [0.15, 0.2) is 12.3 Å². The van der Waals surface area contributed by atoms with Gasteiger partial charge in [0.2, 0.25) is 0 Å². The highest BCUT2D eigenvalue weighted by Gasteiger charge is 2.33. The number of anilines is 1. The third-order valence-corrected chi connectivity index (χ3v) is 3.69. The Morgan fingerprint density at radius 2 is 1.94 bits per heavy atom. The fourth-order valence-corrected chi connectivity index (χ4v) is 2.57. The number of rotatable bonds is 4. The molecule has 0 bridgehead atoms. The standard InChI is InChI=1S/C13H19ClN2O2/c1-9-4-11(10(5-14)6-15-9)16-7-12(17-2)13(8-16)18-3/h4,6,12-13H,5,7-8H2,1-3H3. The normalized spacial score (nSPS) is 23.7. The average Bonchev–Trinajstić information content (AvgIpc) is 2.81. The van der Waals surface area contributed by atoms with Gasteiger partial charge in [0.15, 0.2) is 0 Å². The summed E-state index contributed by atoms with van der Waals surface area (Å²) in [4.78, 5) is 6.55. The van der Waals surface area contributed by atoms with Gasteiger partial charge in [-0.3, -0.25) is 4.98 Å². The molecule has 2 rings (SSSR count). The van der Waals surface area contributed by atoms with Gasteiger partial charge < -0.3 is 14.4 Å². The van der Waals surface area contributed by atoms with Gasteiger partial charge in [0.1, 0.15) is 12.2 Å². The Kier molecular flexibility index (Phi) is 4.43. The molecule has 0 N–H and O–H groups in total. The predicted molar refractivity (Wildman–Crippen MR) is 72.3 cm³/mol. The molecule has 1 aromatic heterocycles. The van der Waals surface area contributed by atoms with Crippen molar-refractivity contribution in [3.63, 3.8) is 0 Å². The van der Waals surface area contributed by atoms with Crippen LogP contribution in [0.2, 0.25) is 0 Å². The van der Waals surface area contributed by atoms with E-state index in [0.29, 0.717) is 5.88 Å². The topological polar surface area (TPSA) is 34.6 Å². The second-order valence-electron chi connectivity index (χ2n) is 4.54. The zero-order chi connectivity index (χ0) is 13.1. The summed E-state index contributed by atoms with van der Waals surface area (Å²) in [5.41, 5.74) is 3.18. The van der Waals surface area contributed by atoms with Crippen LogP contribution >= 0.6 is 11.6 Å². The van der Waals surface area contributed by atoms with Gasteiger partial charge in [-0.1, -0.05) is 0 Å². The van der Waals surface area contributed by atoms with E-state index < -0.39 is 0 Å². The monoisotopic (exact) mass is 270 g/mol. The number of pyridine rings is 1. The lowest BCUT2D eigenvalue weighted by molar-refractivity contribution is -0.00461. The van der Waals surface area contributed by atoms with Gasteiger partial charge in [-0.05, 0) is 13.0 Å². The Bertz CT molecular complexity index is 402. The number of aryl methyl sites for hydroxylation is 1. The number of ether oxygens (including phenoxy) is 2. The van der Waals surface area contributed by atoms with E-state index in [4.69, 9.17) is 21.1 Å². The molecule has 0 saturated carbocycles. The summed E-state index contributed by atoms with van der Waals surface area (Å²) >= 11 is 5.97. The summed E-state index contributed by atoms with van der Waals surface area (Å²) < 4.78 is 10.9. The number of aromatic nitrogens is 1. The van der Waals surface area contributed by atoms with Crippen LogP contribution in [0.1, 0.15) is 11.3 Å². The van der Waals surface area contributed by atoms with Crippen LogP contribution < -0.4 is 4.90 Å². The SMILES string of the molecule is COC1CN(c2cc(C)ncc2CCl)CC1OC. The van der Waals surface area contributed by atoms with Crippen molar-refractivity contribution in [3.8, 4) is 0 Å². The molecule has 1 aliphatic heterocycles. The summed E-state index contributed by atoms with van der Waals surface area (Å²) in [6.07, 6.45) is 2.05. The predicted octanol–water partition coefficient (Wildman–Crippen LogP) is 1.98. The van der Waals surface area contributed by atoms with E-state index in [2.05, 4.69) is 16.0 Å².